The van der Waals surface area contributed by atoms with Crippen LogP contribution in [0.5, 0.6) is 0 Å². The van der Waals surface area contributed by atoms with E-state index in [9.17, 15) is 38.4 Å². The molecular weight excluding hydrogens is 857 g/mol. The summed E-state index contributed by atoms with van der Waals surface area (Å²) in [5.74, 6) is -2.28. The summed E-state index contributed by atoms with van der Waals surface area (Å²) in [5.41, 5.74) is 8.60. The lowest BCUT2D eigenvalue weighted by molar-refractivity contribution is -0.144. The molecule has 4 N–H and O–H groups in total. The summed E-state index contributed by atoms with van der Waals surface area (Å²) in [6, 6.07) is -2.82. The fourth-order valence-electron chi connectivity index (χ4n) is 5.85. The van der Waals surface area contributed by atoms with Crippen LogP contribution >= 0.6 is 0 Å². The van der Waals surface area contributed by atoms with E-state index in [2.05, 4.69) is 34.9 Å². The van der Waals surface area contributed by atoms with Gasteiger partial charge in [-0.25, -0.2) is 50.5 Å². The Morgan fingerprint density at radius 2 is 0.810 bits per heavy atom. The minimum absolute atomic E-state index is 0.00956. The van der Waals surface area contributed by atoms with Crippen LogP contribution in [0.25, 0.3) is 0 Å². The molecule has 0 aliphatic heterocycles. The molecule has 0 aromatic heterocycles. The Kier molecular flexibility index (Phi) is 24.3. The molecule has 0 aromatic carbocycles. The fraction of sp³-hybridized carbons (Fsp3) is 0.700. The molecule has 0 heterocycles. The van der Waals surface area contributed by atoms with E-state index in [4.69, 9.17) is 23.1 Å². The summed E-state index contributed by atoms with van der Waals surface area (Å²) >= 11 is 0. The summed E-state index contributed by atoms with van der Waals surface area (Å²) in [6.45, 7) is 31.4. The molecule has 0 aliphatic rings. The van der Waals surface area contributed by atoms with Crippen molar-refractivity contribution < 1.29 is 61.4 Å². The van der Waals surface area contributed by atoms with Gasteiger partial charge in [-0.2, -0.15) is 0 Å². The van der Waals surface area contributed by atoms with Crippen molar-refractivity contribution in [2.75, 3.05) is 64.9 Å². The molecule has 0 unspecified atom stereocenters. The Morgan fingerprint density at radius 3 is 1.08 bits per heavy atom. The van der Waals surface area contributed by atoms with Gasteiger partial charge in [0.05, 0.1) is 39.1 Å². The largest absolute Gasteiger partial charge is 0.466 e. The van der Waals surface area contributed by atoms with Crippen LogP contribution in [0.4, 0.5) is 19.2 Å². The zero-order valence-corrected chi connectivity index (χ0v) is 42.0. The quantitative estimate of drug-likeness (QED) is 0.0393. The van der Waals surface area contributed by atoms with E-state index in [1.165, 1.54) is 33.4 Å². The minimum atomic E-state index is -2.93. The van der Waals surface area contributed by atoms with Crippen LogP contribution in [0.2, 0.25) is 26.2 Å². The molecule has 63 heavy (non-hydrogen) atoms. The van der Waals surface area contributed by atoms with Crippen molar-refractivity contribution >= 4 is 64.6 Å². The number of carbonyl (C=O) groups is 8. The lowest BCUT2D eigenvalue weighted by Crippen LogP contribution is -2.62. The molecule has 0 spiro atoms. The average molecular weight is 931 g/mol. The lowest BCUT2D eigenvalue weighted by atomic mass is 10.1. The van der Waals surface area contributed by atoms with E-state index in [0.29, 0.717) is 0 Å². The van der Waals surface area contributed by atoms with Crippen molar-refractivity contribution in [1.82, 2.24) is 41.3 Å². The first-order chi connectivity index (χ1) is 28.9. The van der Waals surface area contributed by atoms with Gasteiger partial charge in [-0.15, -0.1) is 0 Å². The van der Waals surface area contributed by atoms with Crippen molar-refractivity contribution in [2.45, 2.75) is 119 Å². The maximum Gasteiger partial charge on any atom is 0.336 e. The third kappa shape index (κ3) is 23.7. The van der Waals surface area contributed by atoms with Crippen molar-refractivity contribution in [3.63, 3.8) is 0 Å². The maximum absolute atomic E-state index is 13.7. The first-order valence-corrected chi connectivity index (χ1v) is 27.0. The van der Waals surface area contributed by atoms with Crippen LogP contribution in [0.15, 0.2) is 24.3 Å². The van der Waals surface area contributed by atoms with Gasteiger partial charge in [0.15, 0.2) is 16.6 Å². The highest BCUT2D eigenvalue weighted by Crippen LogP contribution is 2.19. The van der Waals surface area contributed by atoms with Gasteiger partial charge in [-0.1, -0.05) is 13.2 Å². The number of nitrogens with zero attached hydrogens (tertiary/aromatic N) is 4. The van der Waals surface area contributed by atoms with Crippen LogP contribution < -0.4 is 21.7 Å². The van der Waals surface area contributed by atoms with E-state index in [0.717, 1.165) is 0 Å². The maximum atomic E-state index is 13.7. The minimum Gasteiger partial charge on any atom is -0.466 e. The van der Waals surface area contributed by atoms with Gasteiger partial charge >= 0.3 is 48.0 Å². The standard InChI is InChI=1S/C40H74N8O13Si2/c1-17-57-31(49)19-21-45(35(53)41-43-37(55)47(39(7,8)9)23-25-59-33(51)29(3)4)27-62(13,14)61-63(15,16)28-46(22-20-32(50)58-18-2)36(54)42-44-38(56)48(40(10,11)12)24-26-60-34(52)30(5)6/h3,5,17-28H2,1-2,4,6-16H3,(H,41,53)(H,42,54)(H,43,55)(H,44,56). The number of hydrogen-bond donors (Lipinski definition) is 4. The van der Waals surface area contributed by atoms with Gasteiger partial charge in [0.25, 0.3) is 0 Å². The Hall–Kier alpha value is -5.17. The van der Waals surface area contributed by atoms with Gasteiger partial charge in [-0.3, -0.25) is 9.59 Å². The van der Waals surface area contributed by atoms with Crippen molar-refractivity contribution in [3.8, 4) is 0 Å². The lowest BCUT2D eigenvalue weighted by Gasteiger charge is -2.39. The van der Waals surface area contributed by atoms with E-state index >= 15 is 0 Å². The Morgan fingerprint density at radius 1 is 0.508 bits per heavy atom. The van der Waals surface area contributed by atoms with E-state index in [-0.39, 0.29) is 88.9 Å². The number of urea groups is 4. The van der Waals surface area contributed by atoms with E-state index < -0.39 is 75.7 Å². The molecule has 0 rings (SSSR count). The summed E-state index contributed by atoms with van der Waals surface area (Å²) in [5, 5.41) is 0. The van der Waals surface area contributed by atoms with Crippen LogP contribution in [-0.2, 0) is 42.2 Å². The second kappa shape index (κ2) is 26.5. The number of rotatable bonds is 22. The zero-order valence-electron chi connectivity index (χ0n) is 40.0. The van der Waals surface area contributed by atoms with Crippen molar-refractivity contribution in [2.24, 2.45) is 0 Å². The second-order valence-corrected chi connectivity index (χ2v) is 26.3. The molecule has 21 nitrogen and oxygen atoms in total. The smallest absolute Gasteiger partial charge is 0.336 e. The molecule has 0 aromatic rings. The summed E-state index contributed by atoms with van der Waals surface area (Å²) in [4.78, 5) is 108. The van der Waals surface area contributed by atoms with E-state index in [1.807, 2.05) is 26.2 Å². The number of hydrogen-bond acceptors (Lipinski definition) is 13. The van der Waals surface area contributed by atoms with Gasteiger partial charge < -0.3 is 42.7 Å². The van der Waals surface area contributed by atoms with Gasteiger partial charge in [0.2, 0.25) is 0 Å². The van der Waals surface area contributed by atoms with Crippen molar-refractivity contribution in [3.05, 3.63) is 24.3 Å². The Labute approximate surface area is 375 Å². The molecule has 23 heteroatoms. The van der Waals surface area contributed by atoms with Crippen molar-refractivity contribution in [1.29, 1.82) is 0 Å². The highest BCUT2D eigenvalue weighted by atomic mass is 28.4. The van der Waals surface area contributed by atoms with E-state index in [1.54, 1.807) is 55.4 Å². The fourth-order valence-corrected chi connectivity index (χ4v) is 14.8. The topological polar surface area (TPSA) is 244 Å². The molecule has 0 saturated heterocycles. The highest BCUT2D eigenvalue weighted by Gasteiger charge is 2.39. The third-order valence-electron chi connectivity index (χ3n) is 8.51. The number of amides is 8. The number of hydrazine groups is 2. The highest BCUT2D eigenvalue weighted by molar-refractivity contribution is 6.85. The normalized spacial score (nSPS) is 11.5. The zero-order chi connectivity index (χ0) is 48.9. The average Bonchev–Trinajstić information content (AvgIpc) is 3.14. The predicted molar refractivity (Wildman–Crippen MR) is 240 cm³/mol. The van der Waals surface area contributed by atoms with Crippen LogP contribution in [0.3, 0.4) is 0 Å². The molecule has 8 amide bonds. The number of esters is 4. The molecule has 0 bridgehead atoms. The Bertz CT molecular complexity index is 1510. The number of ether oxygens (including phenoxy) is 4. The molecule has 0 aliphatic carbocycles. The number of nitrogens with one attached hydrogen (secondary N) is 4. The first-order valence-electron chi connectivity index (χ1n) is 20.8. The summed E-state index contributed by atoms with van der Waals surface area (Å²) in [7, 11) is -5.86. The van der Waals surface area contributed by atoms with Crippen LogP contribution in [0.1, 0.15) is 82.1 Å². The van der Waals surface area contributed by atoms with Gasteiger partial charge in [0.1, 0.15) is 13.2 Å². The van der Waals surface area contributed by atoms with Gasteiger partial charge in [0, 0.05) is 47.6 Å². The summed E-state index contributed by atoms with van der Waals surface area (Å²) in [6.07, 6.45) is -0.218. The molecule has 0 saturated carbocycles. The van der Waals surface area contributed by atoms with Crippen LogP contribution in [-0.4, -0.2) is 160 Å². The molecule has 0 radical (unpaired) electrons. The third-order valence-corrected chi connectivity index (χ3v) is 15.2. The number of carbonyl (C=O) groups excluding carboxylic acids is 8. The SMILES string of the molecule is C=C(C)C(=O)OCCN(C(=O)NNC(=O)N(CCC(=O)OCC)C[Si](C)(C)O[Si](C)(C)CN(CCC(=O)OCC)C(=O)NNC(=O)N(CCOC(=O)C(=C)C)C(C)(C)C)C(C)(C)C. The predicted octanol–water partition coefficient (Wildman–Crippen LogP) is 4.11. The molecular formula is C40H74N8O13Si2. The molecule has 360 valence electrons. The second-order valence-electron chi connectivity index (χ2n) is 17.8. The molecule has 0 fully saturated rings. The van der Waals surface area contributed by atoms with Gasteiger partial charge in [-0.05, 0) is 95.4 Å². The van der Waals surface area contributed by atoms with Crippen LogP contribution in [0, 0.1) is 0 Å². The molecule has 0 atom stereocenters. The Balaban J connectivity index is 6.20. The summed E-state index contributed by atoms with van der Waals surface area (Å²) < 4.78 is 27.3. The monoisotopic (exact) mass is 930 g/mol. The first kappa shape index (κ1) is 57.8.